The summed E-state index contributed by atoms with van der Waals surface area (Å²) < 4.78 is 40.8. The highest BCUT2D eigenvalue weighted by Crippen LogP contribution is 2.40. The Bertz CT molecular complexity index is 1390. The van der Waals surface area contributed by atoms with Crippen LogP contribution in [0.4, 0.5) is 36.7 Å². The highest BCUT2D eigenvalue weighted by Gasteiger charge is 2.48. The zero-order valence-corrected chi connectivity index (χ0v) is 24.2. The third kappa shape index (κ3) is 6.12. The number of carbonyl (C=O) groups is 3. The van der Waals surface area contributed by atoms with Gasteiger partial charge in [-0.1, -0.05) is 12.8 Å². The Morgan fingerprint density at radius 2 is 1.91 bits per heavy atom. The zero-order valence-electron chi connectivity index (χ0n) is 24.2. The lowest BCUT2D eigenvalue weighted by Crippen LogP contribution is -2.56. The standard InChI is InChI=1S/C28H35F2N7O6/c1-35-20-13-31-26(34-23(20)37(17-6-4-5-7-17)15-28(29,30)25(35)39)33-18-9-8-16(12-22(18)43-3)24(38)32-19-14-36(27(40)41)11-10-21(19)42-2/h8-9,12-13,17,19,21H,4-7,10-11,14-15H2,1-3H3,(H,32,38)(H,40,41)(H,31,33,34). The average molecular weight is 604 g/mol. The Morgan fingerprint density at radius 3 is 2.58 bits per heavy atom. The van der Waals surface area contributed by atoms with Crippen molar-refractivity contribution in [3.63, 3.8) is 0 Å². The second-order valence-electron chi connectivity index (χ2n) is 10.9. The first kappa shape index (κ1) is 30.2. The molecule has 3 aliphatic rings. The van der Waals surface area contributed by atoms with Gasteiger partial charge < -0.3 is 39.9 Å². The number of fused-ring (bicyclic) bond motifs is 1. The number of piperidine rings is 1. The third-order valence-corrected chi connectivity index (χ3v) is 8.28. The van der Waals surface area contributed by atoms with E-state index in [2.05, 4.69) is 20.6 Å². The number of hydrogen-bond donors (Lipinski definition) is 3. The summed E-state index contributed by atoms with van der Waals surface area (Å²) in [6.07, 6.45) is 3.64. The van der Waals surface area contributed by atoms with Crippen LogP contribution in [0.2, 0.25) is 0 Å². The van der Waals surface area contributed by atoms with E-state index in [-0.39, 0.29) is 47.5 Å². The molecule has 43 heavy (non-hydrogen) atoms. The van der Waals surface area contributed by atoms with Crippen LogP contribution in [0.3, 0.4) is 0 Å². The fraction of sp³-hybridized carbons (Fsp3) is 0.536. The van der Waals surface area contributed by atoms with E-state index >= 15 is 0 Å². The Hall–Kier alpha value is -4.27. The molecule has 2 aromatic rings. The third-order valence-electron chi connectivity index (χ3n) is 8.28. The fourth-order valence-electron chi connectivity index (χ4n) is 5.94. The summed E-state index contributed by atoms with van der Waals surface area (Å²) in [7, 11) is 4.23. The minimum absolute atomic E-state index is 0.0939. The van der Waals surface area contributed by atoms with Crippen molar-refractivity contribution in [1.29, 1.82) is 0 Å². The lowest BCUT2D eigenvalue weighted by Gasteiger charge is -2.36. The van der Waals surface area contributed by atoms with E-state index in [9.17, 15) is 28.3 Å². The first-order valence-corrected chi connectivity index (χ1v) is 14.1. The molecule has 1 saturated carbocycles. The Morgan fingerprint density at radius 1 is 1.16 bits per heavy atom. The van der Waals surface area contributed by atoms with Gasteiger partial charge in [0.2, 0.25) is 5.95 Å². The van der Waals surface area contributed by atoms with Crippen molar-refractivity contribution >= 4 is 41.0 Å². The maximum absolute atomic E-state index is 14.9. The number of ether oxygens (including phenoxy) is 2. The lowest BCUT2D eigenvalue weighted by molar-refractivity contribution is -0.140. The molecule has 3 amide bonds. The summed E-state index contributed by atoms with van der Waals surface area (Å²) in [6, 6.07) is 3.95. The minimum Gasteiger partial charge on any atom is -0.495 e. The van der Waals surface area contributed by atoms with Gasteiger partial charge in [0, 0.05) is 38.9 Å². The largest absolute Gasteiger partial charge is 0.495 e. The van der Waals surface area contributed by atoms with Crippen molar-refractivity contribution in [2.45, 2.75) is 56.2 Å². The number of carboxylic acid groups (broad SMARTS) is 1. The van der Waals surface area contributed by atoms with Crippen LogP contribution < -0.4 is 25.2 Å². The topological polar surface area (TPSA) is 149 Å². The summed E-state index contributed by atoms with van der Waals surface area (Å²) >= 11 is 0. The van der Waals surface area contributed by atoms with Crippen molar-refractivity contribution in [3.8, 4) is 5.75 Å². The van der Waals surface area contributed by atoms with E-state index in [4.69, 9.17) is 9.47 Å². The summed E-state index contributed by atoms with van der Waals surface area (Å²) in [6.45, 7) is -0.365. The average Bonchev–Trinajstić information content (AvgIpc) is 3.52. The van der Waals surface area contributed by atoms with E-state index in [1.807, 2.05) is 0 Å². The quantitative estimate of drug-likeness (QED) is 0.431. The lowest BCUT2D eigenvalue weighted by atomic mass is 10.0. The predicted molar refractivity (Wildman–Crippen MR) is 153 cm³/mol. The number of likely N-dealkylation sites (tertiary alicyclic amines) is 1. The van der Waals surface area contributed by atoms with Crippen LogP contribution in [0.5, 0.6) is 5.75 Å². The molecule has 3 N–H and O–H groups in total. The van der Waals surface area contributed by atoms with E-state index < -0.39 is 36.4 Å². The smallest absolute Gasteiger partial charge is 0.407 e. The molecule has 1 aromatic heterocycles. The number of anilines is 4. The van der Waals surface area contributed by atoms with Gasteiger partial charge in [-0.05, 0) is 37.5 Å². The SMILES string of the molecule is COc1cc(C(=O)NC2CN(C(=O)O)CCC2OC)ccc1Nc1ncc2c(n1)N(C1CCCC1)CC(F)(F)C(=O)N2C. The van der Waals surface area contributed by atoms with Crippen LogP contribution in [-0.4, -0.2) is 103 Å². The number of benzene rings is 1. The van der Waals surface area contributed by atoms with Crippen molar-refractivity contribution in [3.05, 3.63) is 30.0 Å². The molecule has 0 radical (unpaired) electrons. The zero-order chi connectivity index (χ0) is 30.9. The van der Waals surface area contributed by atoms with Gasteiger partial charge in [-0.2, -0.15) is 13.8 Å². The maximum atomic E-state index is 14.9. The van der Waals surface area contributed by atoms with Gasteiger partial charge in [-0.15, -0.1) is 0 Å². The number of methoxy groups -OCH3 is 2. The molecule has 2 aliphatic heterocycles. The summed E-state index contributed by atoms with van der Waals surface area (Å²) in [4.78, 5) is 49.6. The van der Waals surface area contributed by atoms with Crippen LogP contribution in [0, 0.1) is 0 Å². The molecular weight excluding hydrogens is 568 g/mol. The summed E-state index contributed by atoms with van der Waals surface area (Å²) in [5.74, 6) is -4.71. The molecule has 3 heterocycles. The number of nitrogens with one attached hydrogen (secondary N) is 2. The molecule has 2 atom stereocenters. The van der Waals surface area contributed by atoms with Crippen LogP contribution in [-0.2, 0) is 9.53 Å². The van der Waals surface area contributed by atoms with Gasteiger partial charge in [0.1, 0.15) is 11.4 Å². The molecule has 1 aliphatic carbocycles. The molecule has 0 spiro atoms. The van der Waals surface area contributed by atoms with Gasteiger partial charge in [-0.25, -0.2) is 9.78 Å². The van der Waals surface area contributed by atoms with E-state index in [1.165, 1.54) is 43.3 Å². The second-order valence-corrected chi connectivity index (χ2v) is 10.9. The van der Waals surface area contributed by atoms with Gasteiger partial charge in [0.05, 0.1) is 37.7 Å². The van der Waals surface area contributed by atoms with Gasteiger partial charge in [0.15, 0.2) is 5.82 Å². The van der Waals surface area contributed by atoms with Crippen LogP contribution in [0.1, 0.15) is 42.5 Å². The van der Waals surface area contributed by atoms with Crippen LogP contribution in [0.25, 0.3) is 0 Å². The Balaban J connectivity index is 1.38. The molecular formula is C28H35F2N7O6. The van der Waals surface area contributed by atoms with E-state index in [0.717, 1.165) is 30.6 Å². The second kappa shape index (κ2) is 12.1. The number of hydrogen-bond acceptors (Lipinski definition) is 9. The molecule has 0 bridgehead atoms. The van der Waals surface area contributed by atoms with E-state index in [1.54, 1.807) is 12.1 Å². The molecule has 2 fully saturated rings. The first-order chi connectivity index (χ1) is 20.5. The van der Waals surface area contributed by atoms with Crippen molar-refractivity contribution in [2.24, 2.45) is 0 Å². The summed E-state index contributed by atoms with van der Waals surface area (Å²) in [5, 5.41) is 15.3. The van der Waals surface area contributed by atoms with Crippen molar-refractivity contribution in [1.82, 2.24) is 20.2 Å². The molecule has 5 rings (SSSR count). The van der Waals surface area contributed by atoms with Crippen LogP contribution in [0.15, 0.2) is 24.4 Å². The molecule has 232 valence electrons. The van der Waals surface area contributed by atoms with E-state index in [0.29, 0.717) is 18.7 Å². The number of alkyl halides is 2. The minimum atomic E-state index is -3.59. The monoisotopic (exact) mass is 603 g/mol. The number of nitrogens with zero attached hydrogens (tertiary/aromatic N) is 5. The first-order valence-electron chi connectivity index (χ1n) is 14.1. The number of amides is 3. The number of carbonyl (C=O) groups excluding carboxylic acids is 2. The number of aromatic nitrogens is 2. The van der Waals surface area contributed by atoms with Gasteiger partial charge in [-0.3, -0.25) is 9.59 Å². The van der Waals surface area contributed by atoms with Gasteiger partial charge >= 0.3 is 12.0 Å². The fourth-order valence-corrected chi connectivity index (χ4v) is 5.94. The molecule has 1 saturated heterocycles. The summed E-state index contributed by atoms with van der Waals surface area (Å²) in [5.41, 5.74) is 0.874. The highest BCUT2D eigenvalue weighted by molar-refractivity contribution is 6.02. The maximum Gasteiger partial charge on any atom is 0.407 e. The number of rotatable bonds is 7. The predicted octanol–water partition coefficient (Wildman–Crippen LogP) is 3.09. The highest BCUT2D eigenvalue weighted by atomic mass is 19.3. The van der Waals surface area contributed by atoms with Gasteiger partial charge in [0.25, 0.3) is 11.8 Å². The normalized spacial score (nSPS) is 22.2. The molecule has 2 unspecified atom stereocenters. The molecule has 1 aromatic carbocycles. The molecule has 15 heteroatoms. The number of halogens is 2. The Kier molecular flexibility index (Phi) is 8.53. The van der Waals surface area contributed by atoms with Crippen LogP contribution >= 0.6 is 0 Å². The van der Waals surface area contributed by atoms with Crippen molar-refractivity contribution < 1.29 is 37.7 Å². The Labute approximate surface area is 247 Å². The van der Waals surface area contributed by atoms with Crippen molar-refractivity contribution in [2.75, 3.05) is 56.0 Å². The molecule has 13 nitrogen and oxygen atoms in total.